The number of amides is 2. The van der Waals surface area contributed by atoms with E-state index in [0.717, 1.165) is 18.8 Å². The Bertz CT molecular complexity index is 275. The number of urea groups is 1. The van der Waals surface area contributed by atoms with Crippen LogP contribution in [0.5, 0.6) is 0 Å². The Morgan fingerprint density at radius 3 is 2.56 bits per heavy atom. The average Bonchev–Trinajstić information content (AvgIpc) is 2.84. The van der Waals surface area contributed by atoms with Crippen molar-refractivity contribution in [2.24, 2.45) is 5.92 Å². The van der Waals surface area contributed by atoms with Crippen LogP contribution in [0.4, 0.5) is 4.79 Å². The van der Waals surface area contributed by atoms with Crippen LogP contribution < -0.4 is 10.6 Å². The lowest BCUT2D eigenvalue weighted by atomic mass is 10.0. The Morgan fingerprint density at radius 2 is 2.00 bits per heavy atom. The van der Waals surface area contributed by atoms with Crippen molar-refractivity contribution in [2.45, 2.75) is 57.9 Å². The Balaban J connectivity index is 2.07. The van der Waals surface area contributed by atoms with Crippen LogP contribution in [0.3, 0.4) is 0 Å². The van der Waals surface area contributed by atoms with E-state index in [4.69, 9.17) is 5.11 Å². The molecule has 2 amide bonds. The molecule has 0 bridgehead atoms. The third kappa shape index (κ3) is 5.38. The third-order valence-electron chi connectivity index (χ3n) is 3.56. The number of rotatable bonds is 7. The molecule has 0 unspecified atom stereocenters. The van der Waals surface area contributed by atoms with Crippen molar-refractivity contribution in [3.8, 4) is 0 Å². The lowest BCUT2D eigenvalue weighted by molar-refractivity contribution is -0.139. The van der Waals surface area contributed by atoms with Gasteiger partial charge in [-0.25, -0.2) is 9.59 Å². The van der Waals surface area contributed by atoms with E-state index in [0.29, 0.717) is 13.0 Å². The standard InChI is InChI=1S/C13H24N2O3/c1-2-11(12(16)17)15-13(18)14-9-5-8-10-6-3-4-7-10/h10-11H,2-9H2,1H3,(H,16,17)(H2,14,15,18)/t11-/m0/s1. The molecule has 0 aromatic carbocycles. The third-order valence-corrected chi connectivity index (χ3v) is 3.56. The van der Waals surface area contributed by atoms with Gasteiger partial charge in [0.1, 0.15) is 6.04 Å². The van der Waals surface area contributed by atoms with Gasteiger partial charge in [-0.05, 0) is 25.2 Å². The molecule has 1 aliphatic carbocycles. The highest BCUT2D eigenvalue weighted by atomic mass is 16.4. The summed E-state index contributed by atoms with van der Waals surface area (Å²) >= 11 is 0. The topological polar surface area (TPSA) is 78.4 Å². The molecule has 5 heteroatoms. The van der Waals surface area contributed by atoms with E-state index in [2.05, 4.69) is 10.6 Å². The molecule has 0 aliphatic heterocycles. The van der Waals surface area contributed by atoms with E-state index in [1.165, 1.54) is 25.7 Å². The maximum Gasteiger partial charge on any atom is 0.326 e. The molecule has 18 heavy (non-hydrogen) atoms. The smallest absolute Gasteiger partial charge is 0.326 e. The summed E-state index contributed by atoms with van der Waals surface area (Å²) in [5.41, 5.74) is 0. The summed E-state index contributed by atoms with van der Waals surface area (Å²) in [6.07, 6.45) is 7.86. The van der Waals surface area contributed by atoms with E-state index in [1.807, 2.05) is 0 Å². The van der Waals surface area contributed by atoms with Gasteiger partial charge < -0.3 is 15.7 Å². The molecule has 1 saturated carbocycles. The molecule has 5 nitrogen and oxygen atoms in total. The van der Waals surface area contributed by atoms with Crippen molar-refractivity contribution in [2.75, 3.05) is 6.54 Å². The minimum atomic E-state index is -0.987. The summed E-state index contributed by atoms with van der Waals surface area (Å²) in [5, 5.41) is 14.0. The van der Waals surface area contributed by atoms with Crippen LogP contribution >= 0.6 is 0 Å². The minimum absolute atomic E-state index is 0.379. The number of hydrogen-bond acceptors (Lipinski definition) is 2. The summed E-state index contributed by atoms with van der Waals surface area (Å²) in [7, 11) is 0. The van der Waals surface area contributed by atoms with Crippen molar-refractivity contribution >= 4 is 12.0 Å². The largest absolute Gasteiger partial charge is 0.480 e. The molecule has 0 saturated heterocycles. The van der Waals surface area contributed by atoms with E-state index < -0.39 is 12.0 Å². The fourth-order valence-corrected chi connectivity index (χ4v) is 2.44. The molecule has 1 atom stereocenters. The van der Waals surface area contributed by atoms with Crippen molar-refractivity contribution in [1.82, 2.24) is 10.6 Å². The van der Waals surface area contributed by atoms with Gasteiger partial charge in [0.2, 0.25) is 0 Å². The van der Waals surface area contributed by atoms with Crippen LogP contribution in [-0.4, -0.2) is 29.7 Å². The number of carbonyl (C=O) groups excluding carboxylic acids is 1. The lowest BCUT2D eigenvalue weighted by Gasteiger charge is -2.13. The Morgan fingerprint density at radius 1 is 1.33 bits per heavy atom. The summed E-state index contributed by atoms with van der Waals surface area (Å²) < 4.78 is 0. The number of hydrogen-bond donors (Lipinski definition) is 3. The van der Waals surface area contributed by atoms with Crippen molar-refractivity contribution < 1.29 is 14.7 Å². The molecule has 0 heterocycles. The second-order valence-electron chi connectivity index (χ2n) is 4.99. The number of carbonyl (C=O) groups is 2. The molecule has 0 spiro atoms. The van der Waals surface area contributed by atoms with Crippen molar-refractivity contribution in [3.63, 3.8) is 0 Å². The molecule has 0 radical (unpaired) electrons. The highest BCUT2D eigenvalue weighted by molar-refractivity contribution is 5.82. The minimum Gasteiger partial charge on any atom is -0.480 e. The van der Waals surface area contributed by atoms with E-state index in [9.17, 15) is 9.59 Å². The summed E-state index contributed by atoms with van der Waals surface area (Å²) in [6, 6.07) is -1.17. The van der Waals surface area contributed by atoms with Gasteiger partial charge in [-0.15, -0.1) is 0 Å². The van der Waals surface area contributed by atoms with Gasteiger partial charge >= 0.3 is 12.0 Å². The first-order valence-electron chi connectivity index (χ1n) is 6.90. The zero-order chi connectivity index (χ0) is 13.4. The molecule has 0 aromatic heterocycles. The molecule has 1 fully saturated rings. The first kappa shape index (κ1) is 14.8. The fraction of sp³-hybridized carbons (Fsp3) is 0.846. The van der Waals surface area contributed by atoms with E-state index >= 15 is 0 Å². The molecular weight excluding hydrogens is 232 g/mol. The SMILES string of the molecule is CC[C@H](NC(=O)NCCCC1CCCC1)C(=O)O. The first-order valence-corrected chi connectivity index (χ1v) is 6.90. The Kier molecular flexibility index (Phi) is 6.54. The van der Waals surface area contributed by atoms with Crippen LogP contribution in [0.15, 0.2) is 0 Å². The summed E-state index contributed by atoms with van der Waals surface area (Å²) in [4.78, 5) is 22.2. The van der Waals surface area contributed by atoms with Crippen molar-refractivity contribution in [3.05, 3.63) is 0 Å². The highest BCUT2D eigenvalue weighted by Gasteiger charge is 2.17. The molecule has 3 N–H and O–H groups in total. The predicted molar refractivity (Wildman–Crippen MR) is 69.4 cm³/mol. The van der Waals surface area contributed by atoms with Crippen LogP contribution in [0.2, 0.25) is 0 Å². The van der Waals surface area contributed by atoms with Gasteiger partial charge in [-0.1, -0.05) is 32.6 Å². The number of carboxylic acid groups (broad SMARTS) is 1. The zero-order valence-corrected chi connectivity index (χ0v) is 11.1. The van der Waals surface area contributed by atoms with Gasteiger partial charge in [0, 0.05) is 6.54 Å². The molecule has 1 aliphatic rings. The van der Waals surface area contributed by atoms with Crippen LogP contribution in [0.25, 0.3) is 0 Å². The van der Waals surface area contributed by atoms with Gasteiger partial charge in [0.05, 0.1) is 0 Å². The van der Waals surface area contributed by atoms with Gasteiger partial charge in [-0.2, -0.15) is 0 Å². The van der Waals surface area contributed by atoms with Gasteiger partial charge in [-0.3, -0.25) is 0 Å². The quantitative estimate of drug-likeness (QED) is 0.610. The van der Waals surface area contributed by atoms with Crippen molar-refractivity contribution in [1.29, 1.82) is 0 Å². The van der Waals surface area contributed by atoms with Gasteiger partial charge in [0.15, 0.2) is 0 Å². The summed E-state index contributed by atoms with van der Waals surface area (Å²) in [6.45, 7) is 2.36. The first-order chi connectivity index (χ1) is 8.63. The number of nitrogens with one attached hydrogen (secondary N) is 2. The number of carboxylic acids is 1. The predicted octanol–water partition coefficient (Wildman–Crippen LogP) is 2.12. The van der Waals surface area contributed by atoms with E-state index in [1.54, 1.807) is 6.92 Å². The summed E-state index contributed by atoms with van der Waals surface area (Å²) in [5.74, 6) is -0.157. The van der Waals surface area contributed by atoms with Crippen LogP contribution in [0, 0.1) is 5.92 Å². The fourth-order valence-electron chi connectivity index (χ4n) is 2.44. The Labute approximate surface area is 108 Å². The zero-order valence-electron chi connectivity index (χ0n) is 11.1. The Hall–Kier alpha value is -1.26. The van der Waals surface area contributed by atoms with Crippen LogP contribution in [0.1, 0.15) is 51.9 Å². The highest BCUT2D eigenvalue weighted by Crippen LogP contribution is 2.28. The molecule has 1 rings (SSSR count). The maximum atomic E-state index is 11.4. The van der Waals surface area contributed by atoms with E-state index in [-0.39, 0.29) is 6.03 Å². The molecule has 104 valence electrons. The normalized spacial score (nSPS) is 17.4. The monoisotopic (exact) mass is 256 g/mol. The molecular formula is C13H24N2O3. The maximum absolute atomic E-state index is 11.4. The second kappa shape index (κ2) is 7.95. The van der Waals surface area contributed by atoms with Crippen LogP contribution in [-0.2, 0) is 4.79 Å². The second-order valence-corrected chi connectivity index (χ2v) is 4.99. The van der Waals surface area contributed by atoms with Gasteiger partial charge in [0.25, 0.3) is 0 Å². The number of aliphatic carboxylic acids is 1. The average molecular weight is 256 g/mol. The molecule has 0 aromatic rings. The lowest BCUT2D eigenvalue weighted by Crippen LogP contribution is -2.45.